The Morgan fingerprint density at radius 2 is 2.19 bits per heavy atom. The molecule has 112 valence electrons. The van der Waals surface area contributed by atoms with Gasteiger partial charge in [-0.2, -0.15) is 0 Å². The summed E-state index contributed by atoms with van der Waals surface area (Å²) in [5, 5.41) is 3.95. The lowest BCUT2D eigenvalue weighted by molar-refractivity contribution is -0.0128. The minimum Gasteiger partial charge on any atom is -0.381 e. The van der Waals surface area contributed by atoms with Gasteiger partial charge < -0.3 is 5.32 Å². The summed E-state index contributed by atoms with van der Waals surface area (Å²) in [5.74, 6) is 2.64. The Kier molecular flexibility index (Phi) is 2.41. The second-order valence-corrected chi connectivity index (χ2v) is 7.90. The van der Waals surface area contributed by atoms with Crippen LogP contribution in [0.2, 0.25) is 0 Å². The SMILES string of the molecule is CC[C@H]1CN2CC[C@]34c5ccccc5N[C@@H]3[C@@H](C)[C@H]1C[C@H]24. The van der Waals surface area contributed by atoms with E-state index in [0.29, 0.717) is 11.5 Å². The molecule has 0 unspecified atom stereocenters. The summed E-state index contributed by atoms with van der Waals surface area (Å²) < 4.78 is 0. The number of anilines is 1. The molecule has 6 atom stereocenters. The molecular formula is C19H26N2. The first-order valence-corrected chi connectivity index (χ1v) is 8.86. The van der Waals surface area contributed by atoms with Crippen molar-refractivity contribution in [3.8, 4) is 0 Å². The Labute approximate surface area is 127 Å². The van der Waals surface area contributed by atoms with Gasteiger partial charge in [-0.25, -0.2) is 0 Å². The summed E-state index contributed by atoms with van der Waals surface area (Å²) in [6, 6.07) is 10.6. The minimum atomic E-state index is 0.408. The van der Waals surface area contributed by atoms with E-state index in [1.54, 1.807) is 5.56 Å². The zero-order chi connectivity index (χ0) is 14.2. The highest BCUT2D eigenvalue weighted by molar-refractivity contribution is 5.64. The Bertz CT molecular complexity index is 583. The van der Waals surface area contributed by atoms with E-state index in [4.69, 9.17) is 0 Å². The van der Waals surface area contributed by atoms with E-state index in [1.807, 2.05) is 0 Å². The van der Waals surface area contributed by atoms with Gasteiger partial charge in [0, 0.05) is 29.7 Å². The van der Waals surface area contributed by atoms with Crippen LogP contribution in [0.4, 0.5) is 5.69 Å². The molecule has 3 heterocycles. The number of nitrogens with zero attached hydrogens (tertiary/aromatic N) is 1. The molecule has 5 rings (SSSR count). The van der Waals surface area contributed by atoms with E-state index in [-0.39, 0.29) is 0 Å². The molecule has 0 aromatic heterocycles. The molecule has 1 saturated carbocycles. The summed E-state index contributed by atoms with van der Waals surface area (Å²) in [6.07, 6.45) is 4.15. The predicted octanol–water partition coefficient (Wildman–Crippen LogP) is 3.49. The normalized spacial score (nSPS) is 46.9. The molecule has 0 radical (unpaired) electrons. The largest absolute Gasteiger partial charge is 0.381 e. The lowest BCUT2D eigenvalue weighted by atomic mass is 9.55. The van der Waals surface area contributed by atoms with Gasteiger partial charge >= 0.3 is 0 Å². The Hall–Kier alpha value is -1.02. The molecule has 0 amide bonds. The molecule has 1 aromatic rings. The van der Waals surface area contributed by atoms with E-state index >= 15 is 0 Å². The Balaban J connectivity index is 1.68. The summed E-state index contributed by atoms with van der Waals surface area (Å²) in [7, 11) is 0. The van der Waals surface area contributed by atoms with Gasteiger partial charge in [-0.15, -0.1) is 0 Å². The van der Waals surface area contributed by atoms with Crippen molar-refractivity contribution in [1.82, 2.24) is 4.90 Å². The maximum atomic E-state index is 3.95. The first-order chi connectivity index (χ1) is 10.3. The molecule has 21 heavy (non-hydrogen) atoms. The number of para-hydroxylation sites is 1. The molecule has 2 bridgehead atoms. The minimum absolute atomic E-state index is 0.408. The third-order valence-corrected chi connectivity index (χ3v) is 7.44. The number of hydrogen-bond acceptors (Lipinski definition) is 2. The van der Waals surface area contributed by atoms with Gasteiger partial charge in [0.1, 0.15) is 0 Å². The Morgan fingerprint density at radius 1 is 1.33 bits per heavy atom. The van der Waals surface area contributed by atoms with Crippen LogP contribution in [-0.4, -0.2) is 30.1 Å². The van der Waals surface area contributed by atoms with E-state index in [1.165, 1.54) is 38.0 Å². The van der Waals surface area contributed by atoms with Crippen molar-refractivity contribution in [2.45, 2.75) is 50.6 Å². The third-order valence-electron chi connectivity index (χ3n) is 7.44. The number of rotatable bonds is 1. The first-order valence-electron chi connectivity index (χ1n) is 8.86. The maximum absolute atomic E-state index is 3.95. The van der Waals surface area contributed by atoms with E-state index in [9.17, 15) is 0 Å². The van der Waals surface area contributed by atoms with Crippen LogP contribution in [0.25, 0.3) is 0 Å². The molecule has 1 aliphatic carbocycles. The zero-order valence-electron chi connectivity index (χ0n) is 13.2. The highest BCUT2D eigenvalue weighted by Crippen LogP contribution is 2.61. The molecule has 3 fully saturated rings. The molecule has 3 aliphatic heterocycles. The molecule has 2 heteroatoms. The van der Waals surface area contributed by atoms with Crippen LogP contribution in [0.3, 0.4) is 0 Å². The van der Waals surface area contributed by atoms with Crippen LogP contribution in [0.5, 0.6) is 0 Å². The van der Waals surface area contributed by atoms with Gasteiger partial charge in [-0.05, 0) is 48.8 Å². The standard InChI is InChI=1S/C19H26N2/c1-3-13-11-21-9-8-19-15-6-4-5-7-16(15)20-18(19)12(2)14(13)10-17(19)21/h4-7,12-14,17-18,20H,3,8-11H2,1-2H3/t12-,13-,14+,17-,18+,19+/m0/s1. The fourth-order valence-corrected chi connectivity index (χ4v) is 6.52. The highest BCUT2D eigenvalue weighted by atomic mass is 15.2. The molecule has 1 aromatic carbocycles. The molecule has 2 saturated heterocycles. The first kappa shape index (κ1) is 12.5. The van der Waals surface area contributed by atoms with Gasteiger partial charge in [-0.1, -0.05) is 38.5 Å². The third kappa shape index (κ3) is 1.34. The van der Waals surface area contributed by atoms with Crippen molar-refractivity contribution < 1.29 is 0 Å². The average molecular weight is 282 g/mol. The second kappa shape index (κ2) is 4.04. The molecule has 1 N–H and O–H groups in total. The van der Waals surface area contributed by atoms with Gasteiger partial charge in [0.15, 0.2) is 0 Å². The van der Waals surface area contributed by atoms with Crippen LogP contribution in [0, 0.1) is 17.8 Å². The highest BCUT2D eigenvalue weighted by Gasteiger charge is 2.64. The maximum Gasteiger partial charge on any atom is 0.0402 e. The molecule has 2 nitrogen and oxygen atoms in total. The summed E-state index contributed by atoms with van der Waals surface area (Å²) in [6.45, 7) is 7.59. The average Bonchev–Trinajstić information content (AvgIpc) is 3.07. The smallest absolute Gasteiger partial charge is 0.0402 e. The molecular weight excluding hydrogens is 256 g/mol. The summed E-state index contributed by atoms with van der Waals surface area (Å²) >= 11 is 0. The van der Waals surface area contributed by atoms with Gasteiger partial charge in [-0.3, -0.25) is 4.90 Å². The van der Waals surface area contributed by atoms with Crippen molar-refractivity contribution >= 4 is 5.69 Å². The van der Waals surface area contributed by atoms with Gasteiger partial charge in [0.05, 0.1) is 0 Å². The number of benzene rings is 1. The van der Waals surface area contributed by atoms with Crippen LogP contribution < -0.4 is 5.32 Å². The van der Waals surface area contributed by atoms with E-state index in [2.05, 4.69) is 48.3 Å². The fraction of sp³-hybridized carbons (Fsp3) is 0.684. The number of nitrogens with one attached hydrogen (secondary N) is 1. The Morgan fingerprint density at radius 3 is 3.05 bits per heavy atom. The van der Waals surface area contributed by atoms with Crippen molar-refractivity contribution in [2.75, 3.05) is 18.4 Å². The zero-order valence-corrected chi connectivity index (χ0v) is 13.2. The number of hydrogen-bond donors (Lipinski definition) is 1. The monoisotopic (exact) mass is 282 g/mol. The summed E-state index contributed by atoms with van der Waals surface area (Å²) in [5.41, 5.74) is 3.46. The topological polar surface area (TPSA) is 15.3 Å². The van der Waals surface area contributed by atoms with Crippen LogP contribution in [0.1, 0.15) is 38.7 Å². The summed E-state index contributed by atoms with van der Waals surface area (Å²) in [4.78, 5) is 2.84. The van der Waals surface area contributed by atoms with Gasteiger partial charge in [0.25, 0.3) is 0 Å². The molecule has 4 aliphatic rings. The quantitative estimate of drug-likeness (QED) is 0.848. The second-order valence-electron chi connectivity index (χ2n) is 7.90. The van der Waals surface area contributed by atoms with Crippen LogP contribution >= 0.6 is 0 Å². The van der Waals surface area contributed by atoms with E-state index < -0.39 is 0 Å². The van der Waals surface area contributed by atoms with Crippen LogP contribution in [-0.2, 0) is 5.41 Å². The number of piperidine rings is 1. The fourth-order valence-electron chi connectivity index (χ4n) is 6.52. The van der Waals surface area contributed by atoms with E-state index in [0.717, 1.165) is 23.8 Å². The lowest BCUT2D eigenvalue weighted by Gasteiger charge is -2.56. The molecule has 1 spiro atoms. The van der Waals surface area contributed by atoms with Gasteiger partial charge in [0.2, 0.25) is 0 Å². The lowest BCUT2D eigenvalue weighted by Crippen LogP contribution is -2.63. The van der Waals surface area contributed by atoms with Crippen LogP contribution in [0.15, 0.2) is 24.3 Å². The van der Waals surface area contributed by atoms with Crippen molar-refractivity contribution in [2.24, 2.45) is 17.8 Å². The predicted molar refractivity (Wildman–Crippen MR) is 86.6 cm³/mol. The number of fused-ring (bicyclic) bond motifs is 2. The van der Waals surface area contributed by atoms with Crippen molar-refractivity contribution in [1.29, 1.82) is 0 Å². The van der Waals surface area contributed by atoms with Crippen molar-refractivity contribution in [3.63, 3.8) is 0 Å². The van der Waals surface area contributed by atoms with Crippen molar-refractivity contribution in [3.05, 3.63) is 29.8 Å².